The van der Waals surface area contributed by atoms with E-state index in [1.807, 2.05) is 66.8 Å². The number of allylic oxidation sites excluding steroid dienone is 9. The molecule has 0 radical (unpaired) electrons. The minimum Gasteiger partial charge on any atom is -0.310 e. The van der Waals surface area contributed by atoms with Crippen LogP contribution < -0.4 is 4.90 Å². The van der Waals surface area contributed by atoms with Crippen LogP contribution in [0.5, 0.6) is 0 Å². The van der Waals surface area contributed by atoms with E-state index in [4.69, 9.17) is 0 Å². The van der Waals surface area contributed by atoms with Crippen LogP contribution in [0.25, 0.3) is 27.1 Å². The van der Waals surface area contributed by atoms with E-state index in [-0.39, 0.29) is 0 Å². The molecule has 5 aromatic carbocycles. The van der Waals surface area contributed by atoms with Crippen LogP contribution in [0.4, 0.5) is 17.1 Å². The van der Waals surface area contributed by atoms with Crippen molar-refractivity contribution in [1.82, 2.24) is 0 Å². The number of hydrogen-bond acceptors (Lipinski definition) is 4. The molecule has 5 aromatic rings. The largest absolute Gasteiger partial charge is 0.310 e. The molecule has 0 spiro atoms. The minimum atomic E-state index is 0.621. The summed E-state index contributed by atoms with van der Waals surface area (Å²) in [4.78, 5) is 2.21. The zero-order chi connectivity index (χ0) is 30.5. The van der Waals surface area contributed by atoms with E-state index in [2.05, 4.69) is 90.4 Å². The predicted molar refractivity (Wildman–Crippen MR) is 179 cm³/mol. The number of benzene rings is 5. The quantitative estimate of drug-likeness (QED) is 0.218. The molecule has 4 nitrogen and oxygen atoms in total. The molecule has 44 heavy (non-hydrogen) atoms. The van der Waals surface area contributed by atoms with Crippen molar-refractivity contribution in [2.24, 2.45) is 0 Å². The first kappa shape index (κ1) is 27.7. The van der Waals surface area contributed by atoms with E-state index in [0.29, 0.717) is 23.1 Å². The lowest BCUT2D eigenvalue weighted by atomic mass is 10.00. The minimum absolute atomic E-state index is 0.621. The van der Waals surface area contributed by atoms with Crippen LogP contribution in [0.1, 0.15) is 23.1 Å². The van der Waals surface area contributed by atoms with E-state index >= 15 is 0 Å². The van der Waals surface area contributed by atoms with Gasteiger partial charge in [-0.1, -0.05) is 67.3 Å². The van der Waals surface area contributed by atoms with Gasteiger partial charge in [0.1, 0.15) is 0 Å². The molecule has 0 N–H and O–H groups in total. The van der Waals surface area contributed by atoms with Crippen LogP contribution in [-0.2, 0) is 0 Å². The molecule has 1 aliphatic carbocycles. The van der Waals surface area contributed by atoms with Crippen molar-refractivity contribution in [3.05, 3.63) is 168 Å². The molecule has 0 saturated carbocycles. The van der Waals surface area contributed by atoms with Gasteiger partial charge < -0.3 is 4.90 Å². The highest BCUT2D eigenvalue weighted by Crippen LogP contribution is 2.38. The maximum absolute atomic E-state index is 9.36. The topological polar surface area (TPSA) is 74.6 Å². The smallest absolute Gasteiger partial charge is 0.0991 e. The highest BCUT2D eigenvalue weighted by molar-refractivity contribution is 5.93. The third-order valence-electron chi connectivity index (χ3n) is 7.60. The van der Waals surface area contributed by atoms with Crippen molar-refractivity contribution < 1.29 is 0 Å². The van der Waals surface area contributed by atoms with E-state index in [1.54, 1.807) is 6.08 Å². The first-order valence-corrected chi connectivity index (χ1v) is 14.2. The van der Waals surface area contributed by atoms with Gasteiger partial charge in [0.2, 0.25) is 0 Å². The summed E-state index contributed by atoms with van der Waals surface area (Å²) in [5.41, 5.74) is 7.73. The molecule has 206 valence electrons. The van der Waals surface area contributed by atoms with Crippen LogP contribution in [-0.4, -0.2) is 0 Å². The van der Waals surface area contributed by atoms with Gasteiger partial charge in [-0.2, -0.15) is 15.8 Å². The van der Waals surface area contributed by atoms with Gasteiger partial charge in [-0.15, -0.1) is 0 Å². The fourth-order valence-electron chi connectivity index (χ4n) is 5.35. The Hall–Kier alpha value is -6.41. The van der Waals surface area contributed by atoms with Gasteiger partial charge in [-0.25, -0.2) is 0 Å². The lowest BCUT2D eigenvalue weighted by molar-refractivity contribution is 1.29. The summed E-state index contributed by atoms with van der Waals surface area (Å²) in [6.45, 7) is 4.15. The predicted octanol–water partition coefficient (Wildman–Crippen LogP) is 10.1. The van der Waals surface area contributed by atoms with Crippen LogP contribution in [0, 0.1) is 34.0 Å². The van der Waals surface area contributed by atoms with Crippen molar-refractivity contribution in [2.45, 2.75) is 6.42 Å². The highest BCUT2D eigenvalue weighted by atomic mass is 15.1. The van der Waals surface area contributed by atoms with E-state index in [0.717, 1.165) is 55.3 Å². The summed E-state index contributed by atoms with van der Waals surface area (Å²) in [7, 11) is 0. The molecule has 0 amide bonds. The molecule has 0 bridgehead atoms. The fourth-order valence-corrected chi connectivity index (χ4v) is 5.35. The average Bonchev–Trinajstić information content (AvgIpc) is 3.07. The molecular formula is C40H26N4. The number of nitriles is 3. The molecule has 0 aliphatic heterocycles. The number of hydrogen-bond donors (Lipinski definition) is 0. The molecule has 0 atom stereocenters. The second-order valence-electron chi connectivity index (χ2n) is 10.5. The molecule has 0 heterocycles. The Morgan fingerprint density at radius 1 is 0.568 bits per heavy atom. The molecule has 0 unspecified atom stereocenters. The Bertz CT molecular complexity index is 2090. The maximum atomic E-state index is 9.36. The van der Waals surface area contributed by atoms with Crippen LogP contribution in [0.15, 0.2) is 151 Å². The van der Waals surface area contributed by atoms with E-state index < -0.39 is 0 Å². The van der Waals surface area contributed by atoms with Crippen LogP contribution in [0.2, 0.25) is 0 Å². The third kappa shape index (κ3) is 5.81. The molecule has 4 heteroatoms. The van der Waals surface area contributed by atoms with E-state index in [1.165, 1.54) is 0 Å². The van der Waals surface area contributed by atoms with Crippen molar-refractivity contribution in [3.63, 3.8) is 0 Å². The summed E-state index contributed by atoms with van der Waals surface area (Å²) in [6.07, 6.45) is 12.4. The van der Waals surface area contributed by atoms with Gasteiger partial charge >= 0.3 is 0 Å². The Morgan fingerprint density at radius 3 is 1.68 bits per heavy atom. The van der Waals surface area contributed by atoms with Gasteiger partial charge in [-0.05, 0) is 117 Å². The zero-order valence-corrected chi connectivity index (χ0v) is 23.9. The molecular weight excluding hydrogens is 536 g/mol. The second-order valence-corrected chi connectivity index (χ2v) is 10.5. The van der Waals surface area contributed by atoms with Crippen molar-refractivity contribution in [3.8, 4) is 18.2 Å². The van der Waals surface area contributed by atoms with Gasteiger partial charge in [-0.3, -0.25) is 0 Å². The number of anilines is 3. The van der Waals surface area contributed by atoms with Gasteiger partial charge in [0.25, 0.3) is 0 Å². The lowest BCUT2D eigenvalue weighted by Gasteiger charge is -2.26. The molecule has 6 rings (SSSR count). The van der Waals surface area contributed by atoms with Crippen molar-refractivity contribution >= 4 is 44.2 Å². The van der Waals surface area contributed by atoms with Crippen LogP contribution in [0.3, 0.4) is 0 Å². The Morgan fingerprint density at radius 2 is 1.11 bits per heavy atom. The first-order valence-electron chi connectivity index (χ1n) is 14.2. The van der Waals surface area contributed by atoms with Crippen LogP contribution >= 0.6 is 0 Å². The normalized spacial score (nSPS) is 16.8. The maximum Gasteiger partial charge on any atom is 0.0991 e. The van der Waals surface area contributed by atoms with Gasteiger partial charge in [0.05, 0.1) is 29.3 Å². The fraction of sp³-hybridized carbons (Fsp3) is 0.0250. The Kier molecular flexibility index (Phi) is 7.70. The van der Waals surface area contributed by atoms with Crippen molar-refractivity contribution in [1.29, 1.82) is 15.8 Å². The third-order valence-corrected chi connectivity index (χ3v) is 7.60. The summed E-state index contributed by atoms with van der Waals surface area (Å²) in [5, 5.41) is 32.1. The Labute approximate surface area is 257 Å². The lowest BCUT2D eigenvalue weighted by Crippen LogP contribution is -2.10. The first-order chi connectivity index (χ1) is 21.5. The average molecular weight is 563 g/mol. The Balaban J connectivity index is 1.43. The summed E-state index contributed by atoms with van der Waals surface area (Å²) >= 11 is 0. The monoisotopic (exact) mass is 562 g/mol. The number of rotatable bonds is 4. The number of fused-ring (bicyclic) bond motifs is 2. The highest BCUT2D eigenvalue weighted by Gasteiger charge is 2.15. The molecule has 0 fully saturated rings. The standard InChI is InChI=1S/C40H26N4/c1-28-6-7-29(25-41)4-2-3-5-33(20-28)32-12-16-38(17-13-32)44(39-18-14-34-21-30(26-42)8-10-36(34)23-39)40-19-15-35-22-31(27-43)9-11-37(35)24-40/h3-24H,1-2H2/b5-3-,7-6-,29-4+,33-20+. The SMILES string of the molecule is C=C1/C=C\C(C#N)=C/C/C=C\C(c2ccc(N(c3ccc4cc(C#N)ccc4c3)c3ccc4cc(C#N)ccc4c3)cc2)=C/1. The molecule has 0 aromatic heterocycles. The van der Waals surface area contributed by atoms with Crippen molar-refractivity contribution in [2.75, 3.05) is 4.90 Å². The second kappa shape index (κ2) is 12.2. The van der Waals surface area contributed by atoms with E-state index in [9.17, 15) is 15.8 Å². The number of nitrogens with zero attached hydrogens (tertiary/aromatic N) is 4. The molecule has 0 saturated heterocycles. The molecule has 1 aliphatic rings. The summed E-state index contributed by atoms with van der Waals surface area (Å²) in [5.74, 6) is 0. The zero-order valence-electron chi connectivity index (χ0n) is 23.9. The summed E-state index contributed by atoms with van der Waals surface area (Å²) < 4.78 is 0. The van der Waals surface area contributed by atoms with Gasteiger partial charge in [0.15, 0.2) is 0 Å². The van der Waals surface area contributed by atoms with Gasteiger partial charge in [0, 0.05) is 22.6 Å². The summed E-state index contributed by atoms with van der Waals surface area (Å²) in [6, 6.07) is 39.1.